The zero-order chi connectivity index (χ0) is 9.78. The van der Waals surface area contributed by atoms with E-state index in [2.05, 4.69) is 6.58 Å². The number of likely N-dealkylation sites (N-methyl/N-ethyl adjacent to an activating group) is 1. The van der Waals surface area contributed by atoms with Crippen LogP contribution in [0.1, 0.15) is 20.3 Å². The smallest absolute Gasteiger partial charge is 0.242 e. The molecule has 0 aliphatic heterocycles. The molecule has 0 rings (SSSR count). The molecular weight excluding hydrogens is 152 g/mol. The molecule has 0 aromatic heterocycles. The molecule has 0 aliphatic carbocycles. The fourth-order valence-electron chi connectivity index (χ4n) is 0.864. The Morgan fingerprint density at radius 3 is 2.58 bits per heavy atom. The minimum Gasteiger partial charge on any atom is -0.340 e. The molecule has 70 valence electrons. The van der Waals surface area contributed by atoms with Crippen molar-refractivity contribution in [3.63, 3.8) is 0 Å². The molecule has 0 aromatic carbocycles. The van der Waals surface area contributed by atoms with Crippen LogP contribution in [0.25, 0.3) is 0 Å². The fourth-order valence-corrected chi connectivity index (χ4v) is 0.864. The first-order valence-electron chi connectivity index (χ1n) is 4.11. The van der Waals surface area contributed by atoms with Crippen molar-refractivity contribution in [2.75, 3.05) is 13.6 Å². The SMILES string of the molecule is C=CCN(C)C(=O)C(C)(N)CC. The van der Waals surface area contributed by atoms with E-state index in [0.717, 1.165) is 0 Å². The van der Waals surface area contributed by atoms with Crippen LogP contribution >= 0.6 is 0 Å². The molecule has 1 unspecified atom stereocenters. The van der Waals surface area contributed by atoms with E-state index in [1.807, 2.05) is 6.92 Å². The molecule has 0 radical (unpaired) electrons. The number of hydrogen-bond acceptors (Lipinski definition) is 2. The van der Waals surface area contributed by atoms with E-state index in [1.165, 1.54) is 0 Å². The molecule has 0 aromatic rings. The van der Waals surface area contributed by atoms with Crippen LogP contribution in [0.3, 0.4) is 0 Å². The Morgan fingerprint density at radius 1 is 1.75 bits per heavy atom. The minimum absolute atomic E-state index is 0.0371. The number of nitrogens with zero attached hydrogens (tertiary/aromatic N) is 1. The molecule has 3 heteroatoms. The third kappa shape index (κ3) is 2.66. The average Bonchev–Trinajstić information content (AvgIpc) is 2.03. The molecule has 0 heterocycles. The van der Waals surface area contributed by atoms with Crippen molar-refractivity contribution in [2.45, 2.75) is 25.8 Å². The molecule has 0 bridgehead atoms. The Morgan fingerprint density at radius 2 is 2.25 bits per heavy atom. The second-order valence-electron chi connectivity index (χ2n) is 3.25. The normalized spacial score (nSPS) is 15.0. The number of carbonyl (C=O) groups is 1. The van der Waals surface area contributed by atoms with Crippen LogP contribution in [0.5, 0.6) is 0 Å². The van der Waals surface area contributed by atoms with Crippen molar-refractivity contribution in [3.05, 3.63) is 12.7 Å². The summed E-state index contributed by atoms with van der Waals surface area (Å²) in [5, 5.41) is 0. The van der Waals surface area contributed by atoms with Crippen LogP contribution in [-0.2, 0) is 4.79 Å². The average molecular weight is 170 g/mol. The van der Waals surface area contributed by atoms with Gasteiger partial charge in [-0.3, -0.25) is 4.79 Å². The highest BCUT2D eigenvalue weighted by Crippen LogP contribution is 2.08. The van der Waals surface area contributed by atoms with E-state index >= 15 is 0 Å². The summed E-state index contributed by atoms with van der Waals surface area (Å²) in [5.41, 5.74) is 5.03. The van der Waals surface area contributed by atoms with Gasteiger partial charge in [0.1, 0.15) is 0 Å². The van der Waals surface area contributed by atoms with Gasteiger partial charge in [0.15, 0.2) is 0 Å². The lowest BCUT2D eigenvalue weighted by Gasteiger charge is -2.27. The van der Waals surface area contributed by atoms with Gasteiger partial charge in [0.25, 0.3) is 0 Å². The summed E-state index contributed by atoms with van der Waals surface area (Å²) < 4.78 is 0. The predicted molar refractivity (Wildman–Crippen MR) is 50.7 cm³/mol. The Labute approximate surface area is 74.2 Å². The first kappa shape index (κ1) is 11.2. The van der Waals surface area contributed by atoms with Crippen molar-refractivity contribution < 1.29 is 4.79 Å². The highest BCUT2D eigenvalue weighted by Gasteiger charge is 2.28. The predicted octanol–water partition coefficient (Wildman–Crippen LogP) is 0.758. The Bertz CT molecular complexity index is 175. The third-order valence-electron chi connectivity index (χ3n) is 1.97. The molecule has 3 nitrogen and oxygen atoms in total. The van der Waals surface area contributed by atoms with E-state index in [9.17, 15) is 4.79 Å². The monoisotopic (exact) mass is 170 g/mol. The zero-order valence-electron chi connectivity index (χ0n) is 8.13. The van der Waals surface area contributed by atoms with Crippen molar-refractivity contribution in [3.8, 4) is 0 Å². The number of nitrogens with two attached hydrogens (primary N) is 1. The Hall–Kier alpha value is -0.830. The summed E-state index contributed by atoms with van der Waals surface area (Å²) >= 11 is 0. The van der Waals surface area contributed by atoms with Crippen LogP contribution in [0.15, 0.2) is 12.7 Å². The van der Waals surface area contributed by atoms with Crippen LogP contribution in [0.4, 0.5) is 0 Å². The van der Waals surface area contributed by atoms with Gasteiger partial charge in [-0.1, -0.05) is 13.0 Å². The quantitative estimate of drug-likeness (QED) is 0.633. The van der Waals surface area contributed by atoms with Gasteiger partial charge in [0.05, 0.1) is 5.54 Å². The second kappa shape index (κ2) is 4.26. The van der Waals surface area contributed by atoms with Gasteiger partial charge in [-0.05, 0) is 13.3 Å². The van der Waals surface area contributed by atoms with E-state index in [4.69, 9.17) is 5.73 Å². The van der Waals surface area contributed by atoms with Crippen molar-refractivity contribution in [1.29, 1.82) is 0 Å². The minimum atomic E-state index is -0.738. The van der Waals surface area contributed by atoms with Gasteiger partial charge in [-0.25, -0.2) is 0 Å². The topological polar surface area (TPSA) is 46.3 Å². The zero-order valence-corrected chi connectivity index (χ0v) is 8.13. The highest BCUT2D eigenvalue weighted by molar-refractivity contribution is 5.85. The van der Waals surface area contributed by atoms with Crippen molar-refractivity contribution >= 4 is 5.91 Å². The molecule has 1 amide bonds. The number of carbonyl (C=O) groups excluding carboxylic acids is 1. The summed E-state index contributed by atoms with van der Waals surface area (Å²) in [6.07, 6.45) is 2.33. The van der Waals surface area contributed by atoms with Gasteiger partial charge in [-0.15, -0.1) is 6.58 Å². The largest absolute Gasteiger partial charge is 0.340 e. The summed E-state index contributed by atoms with van der Waals surface area (Å²) in [6, 6.07) is 0. The molecule has 2 N–H and O–H groups in total. The molecule has 0 aliphatic rings. The molecular formula is C9H18N2O. The lowest BCUT2D eigenvalue weighted by molar-refractivity contribution is -0.134. The van der Waals surface area contributed by atoms with Gasteiger partial charge in [0.2, 0.25) is 5.91 Å². The number of amides is 1. The molecule has 0 spiro atoms. The van der Waals surface area contributed by atoms with E-state index in [1.54, 1.807) is 24.9 Å². The Kier molecular flexibility index (Phi) is 3.96. The van der Waals surface area contributed by atoms with Crippen molar-refractivity contribution in [1.82, 2.24) is 4.90 Å². The first-order valence-corrected chi connectivity index (χ1v) is 4.11. The molecule has 0 fully saturated rings. The van der Waals surface area contributed by atoms with Crippen LogP contribution in [0, 0.1) is 0 Å². The summed E-state index contributed by atoms with van der Waals surface area (Å²) in [6.45, 7) is 7.75. The van der Waals surface area contributed by atoms with Gasteiger partial charge in [-0.2, -0.15) is 0 Å². The second-order valence-corrected chi connectivity index (χ2v) is 3.25. The fraction of sp³-hybridized carbons (Fsp3) is 0.667. The third-order valence-corrected chi connectivity index (χ3v) is 1.97. The Balaban J connectivity index is 4.27. The van der Waals surface area contributed by atoms with Crippen molar-refractivity contribution in [2.24, 2.45) is 5.73 Å². The van der Waals surface area contributed by atoms with Crippen LogP contribution in [0.2, 0.25) is 0 Å². The number of rotatable bonds is 4. The maximum absolute atomic E-state index is 11.5. The maximum atomic E-state index is 11.5. The van der Waals surface area contributed by atoms with E-state index in [0.29, 0.717) is 13.0 Å². The number of hydrogen-bond donors (Lipinski definition) is 1. The molecule has 12 heavy (non-hydrogen) atoms. The summed E-state index contributed by atoms with van der Waals surface area (Å²) in [5.74, 6) is -0.0371. The molecule has 0 saturated heterocycles. The van der Waals surface area contributed by atoms with Crippen LogP contribution in [-0.4, -0.2) is 29.9 Å². The maximum Gasteiger partial charge on any atom is 0.242 e. The van der Waals surface area contributed by atoms with E-state index in [-0.39, 0.29) is 5.91 Å². The lowest BCUT2D eigenvalue weighted by atomic mass is 9.99. The highest BCUT2D eigenvalue weighted by atomic mass is 16.2. The van der Waals surface area contributed by atoms with Gasteiger partial charge >= 0.3 is 0 Å². The lowest BCUT2D eigenvalue weighted by Crippen LogP contribution is -2.51. The standard InChI is InChI=1S/C9H18N2O/c1-5-7-11(4)8(12)9(3,10)6-2/h5H,1,6-7,10H2,2-4H3. The van der Waals surface area contributed by atoms with Gasteiger partial charge < -0.3 is 10.6 Å². The summed E-state index contributed by atoms with van der Waals surface area (Å²) in [7, 11) is 1.73. The molecule has 1 atom stereocenters. The summed E-state index contributed by atoms with van der Waals surface area (Å²) in [4.78, 5) is 13.1. The first-order chi connectivity index (χ1) is 5.45. The van der Waals surface area contributed by atoms with Crippen LogP contribution < -0.4 is 5.73 Å². The van der Waals surface area contributed by atoms with Gasteiger partial charge in [0, 0.05) is 13.6 Å². The van der Waals surface area contributed by atoms with E-state index < -0.39 is 5.54 Å². The molecule has 0 saturated carbocycles.